The van der Waals surface area contributed by atoms with Gasteiger partial charge in [0.05, 0.1) is 0 Å². The standard InChI is InChI=1S/C8H6BrNS/c1-5-2-8-6(3-10-5)7(9)4-11-8/h2-4H,1H3. The molecule has 0 N–H and O–H groups in total. The van der Waals surface area contributed by atoms with E-state index in [1.54, 1.807) is 11.3 Å². The molecule has 0 radical (unpaired) electrons. The van der Waals surface area contributed by atoms with Gasteiger partial charge >= 0.3 is 0 Å². The molecule has 0 aliphatic rings. The van der Waals surface area contributed by atoms with Gasteiger partial charge in [-0.1, -0.05) is 0 Å². The first kappa shape index (κ1) is 7.25. The average Bonchev–Trinajstić information content (AvgIpc) is 2.32. The Bertz CT molecular complexity index is 394. The van der Waals surface area contributed by atoms with E-state index < -0.39 is 0 Å². The Morgan fingerprint density at radius 1 is 1.55 bits per heavy atom. The molecule has 2 aromatic heterocycles. The lowest BCUT2D eigenvalue weighted by atomic mass is 10.3. The van der Waals surface area contributed by atoms with Crippen molar-refractivity contribution in [2.45, 2.75) is 6.92 Å². The number of rotatable bonds is 0. The molecule has 56 valence electrons. The van der Waals surface area contributed by atoms with Gasteiger partial charge in [-0.15, -0.1) is 11.3 Å². The SMILES string of the molecule is Cc1cc2scc(Br)c2cn1. The van der Waals surface area contributed by atoms with E-state index in [9.17, 15) is 0 Å². The van der Waals surface area contributed by atoms with E-state index in [4.69, 9.17) is 0 Å². The molecule has 2 rings (SSSR count). The molecule has 0 fully saturated rings. The third kappa shape index (κ3) is 1.19. The first-order valence-electron chi connectivity index (χ1n) is 3.27. The minimum atomic E-state index is 1.08. The maximum Gasteiger partial charge on any atom is 0.0387 e. The summed E-state index contributed by atoms with van der Waals surface area (Å²) >= 11 is 5.20. The number of fused-ring (bicyclic) bond motifs is 1. The summed E-state index contributed by atoms with van der Waals surface area (Å²) in [6, 6.07) is 2.10. The van der Waals surface area contributed by atoms with Crippen molar-refractivity contribution in [3.05, 3.63) is 27.8 Å². The Morgan fingerprint density at radius 3 is 3.18 bits per heavy atom. The van der Waals surface area contributed by atoms with E-state index in [1.807, 2.05) is 13.1 Å². The number of pyridine rings is 1. The fourth-order valence-electron chi connectivity index (χ4n) is 0.990. The highest BCUT2D eigenvalue weighted by Gasteiger charge is 2.00. The number of halogens is 1. The molecule has 0 saturated heterocycles. The van der Waals surface area contributed by atoms with Crippen LogP contribution in [0.25, 0.3) is 10.1 Å². The molecule has 0 aromatic carbocycles. The molecule has 2 heterocycles. The molecule has 2 aromatic rings. The Labute approximate surface area is 77.2 Å². The van der Waals surface area contributed by atoms with Crippen LogP contribution < -0.4 is 0 Å². The van der Waals surface area contributed by atoms with Crippen LogP contribution in [0.3, 0.4) is 0 Å². The number of aryl methyl sites for hydroxylation is 1. The molecule has 0 saturated carbocycles. The van der Waals surface area contributed by atoms with E-state index in [1.165, 1.54) is 10.1 Å². The maximum atomic E-state index is 4.22. The van der Waals surface area contributed by atoms with E-state index in [0.29, 0.717) is 0 Å². The molecule has 3 heteroatoms. The Kier molecular flexibility index (Phi) is 1.69. The van der Waals surface area contributed by atoms with Crippen molar-refractivity contribution in [1.29, 1.82) is 0 Å². The van der Waals surface area contributed by atoms with Crippen molar-refractivity contribution in [2.24, 2.45) is 0 Å². The Balaban J connectivity index is 2.86. The lowest BCUT2D eigenvalue weighted by molar-refractivity contribution is 1.23. The zero-order chi connectivity index (χ0) is 7.84. The van der Waals surface area contributed by atoms with Crippen molar-refractivity contribution in [2.75, 3.05) is 0 Å². The summed E-state index contributed by atoms with van der Waals surface area (Å²) in [5.74, 6) is 0. The summed E-state index contributed by atoms with van der Waals surface area (Å²) in [5.41, 5.74) is 1.08. The van der Waals surface area contributed by atoms with Crippen LogP contribution in [-0.2, 0) is 0 Å². The third-order valence-electron chi connectivity index (χ3n) is 1.55. The number of hydrogen-bond acceptors (Lipinski definition) is 2. The zero-order valence-corrected chi connectivity index (χ0v) is 8.37. The third-order valence-corrected chi connectivity index (χ3v) is 3.45. The van der Waals surface area contributed by atoms with Gasteiger partial charge in [-0.25, -0.2) is 0 Å². The predicted molar refractivity (Wildman–Crippen MR) is 52.1 cm³/mol. The van der Waals surface area contributed by atoms with Gasteiger partial charge < -0.3 is 0 Å². The quantitative estimate of drug-likeness (QED) is 0.673. The molecular formula is C8H6BrNS. The van der Waals surface area contributed by atoms with Crippen LogP contribution in [0.1, 0.15) is 5.69 Å². The summed E-state index contributed by atoms with van der Waals surface area (Å²) < 4.78 is 2.44. The molecule has 0 aliphatic carbocycles. The highest BCUT2D eigenvalue weighted by atomic mass is 79.9. The molecule has 0 spiro atoms. The van der Waals surface area contributed by atoms with Crippen LogP contribution in [-0.4, -0.2) is 4.98 Å². The van der Waals surface area contributed by atoms with Gasteiger partial charge in [0.1, 0.15) is 0 Å². The summed E-state index contributed by atoms with van der Waals surface area (Å²) in [4.78, 5) is 4.22. The average molecular weight is 228 g/mol. The van der Waals surface area contributed by atoms with Gasteiger partial charge in [0.15, 0.2) is 0 Å². The minimum Gasteiger partial charge on any atom is -0.261 e. The monoisotopic (exact) mass is 227 g/mol. The zero-order valence-electron chi connectivity index (χ0n) is 5.97. The molecule has 0 unspecified atom stereocenters. The van der Waals surface area contributed by atoms with E-state index in [-0.39, 0.29) is 0 Å². The summed E-state index contributed by atoms with van der Waals surface area (Å²) in [6.45, 7) is 2.01. The van der Waals surface area contributed by atoms with Crippen molar-refractivity contribution >= 4 is 37.4 Å². The van der Waals surface area contributed by atoms with Crippen LogP contribution >= 0.6 is 27.3 Å². The number of hydrogen-bond donors (Lipinski definition) is 0. The van der Waals surface area contributed by atoms with Gasteiger partial charge in [0.25, 0.3) is 0 Å². The van der Waals surface area contributed by atoms with Crippen LogP contribution in [0.2, 0.25) is 0 Å². The Morgan fingerprint density at radius 2 is 2.36 bits per heavy atom. The second kappa shape index (κ2) is 2.57. The van der Waals surface area contributed by atoms with Crippen molar-refractivity contribution in [3.63, 3.8) is 0 Å². The van der Waals surface area contributed by atoms with Crippen molar-refractivity contribution in [1.82, 2.24) is 4.98 Å². The van der Waals surface area contributed by atoms with Gasteiger partial charge in [-0.3, -0.25) is 4.98 Å². The molecule has 0 bridgehead atoms. The van der Waals surface area contributed by atoms with E-state index in [0.717, 1.165) is 10.2 Å². The molecule has 11 heavy (non-hydrogen) atoms. The highest BCUT2D eigenvalue weighted by molar-refractivity contribution is 9.10. The molecule has 1 nitrogen and oxygen atoms in total. The lowest BCUT2D eigenvalue weighted by Crippen LogP contribution is -1.76. The van der Waals surface area contributed by atoms with Crippen LogP contribution in [0.15, 0.2) is 22.1 Å². The fourth-order valence-corrected chi connectivity index (χ4v) is 2.60. The topological polar surface area (TPSA) is 12.9 Å². The van der Waals surface area contributed by atoms with Gasteiger partial charge in [0.2, 0.25) is 0 Å². The smallest absolute Gasteiger partial charge is 0.0387 e. The van der Waals surface area contributed by atoms with Crippen LogP contribution in [0.4, 0.5) is 0 Å². The summed E-state index contributed by atoms with van der Waals surface area (Å²) in [7, 11) is 0. The second-order valence-corrected chi connectivity index (χ2v) is 4.17. The van der Waals surface area contributed by atoms with E-state index in [2.05, 4.69) is 32.4 Å². The molecule has 0 aliphatic heterocycles. The fraction of sp³-hybridized carbons (Fsp3) is 0.125. The van der Waals surface area contributed by atoms with E-state index >= 15 is 0 Å². The number of nitrogens with zero attached hydrogens (tertiary/aromatic N) is 1. The lowest BCUT2D eigenvalue weighted by Gasteiger charge is -1.91. The molecule has 0 atom stereocenters. The van der Waals surface area contributed by atoms with Gasteiger partial charge in [-0.05, 0) is 28.9 Å². The number of thiophene rings is 1. The molecule has 0 amide bonds. The second-order valence-electron chi connectivity index (χ2n) is 2.41. The summed E-state index contributed by atoms with van der Waals surface area (Å²) in [5, 5.41) is 3.30. The summed E-state index contributed by atoms with van der Waals surface area (Å²) in [6.07, 6.45) is 1.91. The first-order chi connectivity index (χ1) is 5.27. The van der Waals surface area contributed by atoms with Crippen molar-refractivity contribution < 1.29 is 0 Å². The minimum absolute atomic E-state index is 1.08. The van der Waals surface area contributed by atoms with Gasteiger partial charge in [-0.2, -0.15) is 0 Å². The molecular weight excluding hydrogens is 222 g/mol. The van der Waals surface area contributed by atoms with Crippen LogP contribution in [0, 0.1) is 6.92 Å². The largest absolute Gasteiger partial charge is 0.261 e. The highest BCUT2D eigenvalue weighted by Crippen LogP contribution is 2.29. The van der Waals surface area contributed by atoms with Crippen molar-refractivity contribution in [3.8, 4) is 0 Å². The van der Waals surface area contributed by atoms with Crippen LogP contribution in [0.5, 0.6) is 0 Å². The number of aromatic nitrogens is 1. The predicted octanol–water partition coefficient (Wildman–Crippen LogP) is 3.37. The normalized spacial score (nSPS) is 10.7. The first-order valence-corrected chi connectivity index (χ1v) is 4.94. The maximum absolute atomic E-state index is 4.22. The Hall–Kier alpha value is -0.410. The van der Waals surface area contributed by atoms with Gasteiger partial charge in [0, 0.05) is 31.8 Å².